The lowest BCUT2D eigenvalue weighted by Gasteiger charge is -2.32. The van der Waals surface area contributed by atoms with E-state index in [0.717, 1.165) is 13.1 Å². The van der Waals surface area contributed by atoms with Crippen molar-refractivity contribution in [3.63, 3.8) is 0 Å². The minimum atomic E-state index is -0.510. The van der Waals surface area contributed by atoms with Crippen LogP contribution in [0.25, 0.3) is 0 Å². The fraction of sp³-hybridized carbons (Fsp3) is 0.333. The first-order chi connectivity index (χ1) is 14.0. The van der Waals surface area contributed by atoms with Crippen molar-refractivity contribution in [2.45, 2.75) is 6.92 Å². The van der Waals surface area contributed by atoms with Crippen LogP contribution in [0.3, 0.4) is 0 Å². The van der Waals surface area contributed by atoms with Crippen molar-refractivity contribution in [1.29, 1.82) is 0 Å². The van der Waals surface area contributed by atoms with Gasteiger partial charge in [-0.1, -0.05) is 12.1 Å². The molecule has 0 aliphatic carbocycles. The first-order valence-corrected chi connectivity index (χ1v) is 9.51. The number of likely N-dealkylation sites (N-methyl/N-ethyl adjacent to an activating group) is 1. The molecule has 1 aromatic heterocycles. The van der Waals surface area contributed by atoms with Gasteiger partial charge >= 0.3 is 5.97 Å². The lowest BCUT2D eigenvalue weighted by Crippen LogP contribution is -2.47. The number of benzene rings is 1. The predicted molar refractivity (Wildman–Crippen MR) is 108 cm³/mol. The summed E-state index contributed by atoms with van der Waals surface area (Å²) in [7, 11) is 2.01. The van der Waals surface area contributed by atoms with Crippen LogP contribution < -0.4 is 5.32 Å². The van der Waals surface area contributed by atoms with Crippen molar-refractivity contribution < 1.29 is 19.1 Å². The summed E-state index contributed by atoms with van der Waals surface area (Å²) in [5.41, 5.74) is 1.13. The number of esters is 1. The summed E-state index contributed by atoms with van der Waals surface area (Å²) in [6.45, 7) is 4.81. The largest absolute Gasteiger partial charge is 0.462 e. The van der Waals surface area contributed by atoms with E-state index in [0.29, 0.717) is 18.8 Å². The fourth-order valence-electron chi connectivity index (χ4n) is 3.03. The average molecular weight is 396 g/mol. The highest BCUT2D eigenvalue weighted by atomic mass is 16.5. The molecule has 152 valence electrons. The fourth-order valence-corrected chi connectivity index (χ4v) is 3.03. The molecule has 0 atom stereocenters. The Morgan fingerprint density at radius 2 is 1.83 bits per heavy atom. The topological polar surface area (TPSA) is 91.8 Å². The van der Waals surface area contributed by atoms with Gasteiger partial charge in [-0.25, -0.2) is 4.79 Å². The number of hydrogen-bond acceptors (Lipinski definition) is 6. The molecule has 1 fully saturated rings. The monoisotopic (exact) mass is 396 g/mol. The maximum atomic E-state index is 12.7. The summed E-state index contributed by atoms with van der Waals surface area (Å²) in [5.74, 6) is -1.14. The highest BCUT2D eigenvalue weighted by Crippen LogP contribution is 2.18. The van der Waals surface area contributed by atoms with Crippen LogP contribution in [0.4, 0.5) is 5.69 Å². The Hall–Kier alpha value is -3.26. The van der Waals surface area contributed by atoms with Crippen molar-refractivity contribution in [3.8, 4) is 0 Å². The number of rotatable bonds is 5. The SMILES string of the molecule is CCOC(=O)c1ccccc1NC(=O)c1ccnc(C(=O)N2CCN(C)CC2)c1. The second kappa shape index (κ2) is 9.29. The van der Waals surface area contributed by atoms with Crippen LogP contribution in [-0.2, 0) is 4.74 Å². The van der Waals surface area contributed by atoms with E-state index >= 15 is 0 Å². The van der Waals surface area contributed by atoms with Crippen LogP contribution in [0.2, 0.25) is 0 Å². The number of nitrogens with zero attached hydrogens (tertiary/aromatic N) is 3. The Labute approximate surface area is 169 Å². The molecule has 0 spiro atoms. The summed E-state index contributed by atoms with van der Waals surface area (Å²) in [6, 6.07) is 9.63. The summed E-state index contributed by atoms with van der Waals surface area (Å²) in [5, 5.41) is 2.72. The van der Waals surface area contributed by atoms with E-state index in [1.54, 1.807) is 36.1 Å². The molecule has 1 aromatic carbocycles. The molecule has 1 aliphatic rings. The smallest absolute Gasteiger partial charge is 0.340 e. The normalized spacial score (nSPS) is 14.3. The second-order valence-electron chi connectivity index (χ2n) is 6.75. The van der Waals surface area contributed by atoms with Crippen LogP contribution in [0.1, 0.15) is 38.1 Å². The number of pyridine rings is 1. The number of piperazine rings is 1. The van der Waals surface area contributed by atoms with E-state index in [9.17, 15) is 14.4 Å². The van der Waals surface area contributed by atoms with Gasteiger partial charge in [-0.2, -0.15) is 0 Å². The highest BCUT2D eigenvalue weighted by molar-refractivity contribution is 6.08. The lowest BCUT2D eigenvalue weighted by atomic mass is 10.1. The number of anilines is 1. The Morgan fingerprint density at radius 1 is 1.10 bits per heavy atom. The molecule has 29 heavy (non-hydrogen) atoms. The summed E-state index contributed by atoms with van der Waals surface area (Å²) in [4.78, 5) is 45.5. The van der Waals surface area contributed by atoms with Crippen LogP contribution >= 0.6 is 0 Å². The second-order valence-corrected chi connectivity index (χ2v) is 6.75. The zero-order valence-electron chi connectivity index (χ0n) is 16.6. The predicted octanol–water partition coefficient (Wildman–Crippen LogP) is 1.90. The first kappa shape index (κ1) is 20.5. The van der Waals surface area contributed by atoms with Crippen LogP contribution in [0.15, 0.2) is 42.6 Å². The molecule has 0 unspecified atom stereocenters. The minimum absolute atomic E-state index is 0.195. The van der Waals surface area contributed by atoms with E-state index in [2.05, 4.69) is 15.2 Å². The molecule has 1 N–H and O–H groups in total. The van der Waals surface area contributed by atoms with Gasteiger partial charge in [0.05, 0.1) is 17.9 Å². The molecule has 0 bridgehead atoms. The molecule has 2 aromatic rings. The zero-order valence-corrected chi connectivity index (χ0v) is 16.6. The maximum Gasteiger partial charge on any atom is 0.340 e. The van der Waals surface area contributed by atoms with E-state index in [4.69, 9.17) is 4.74 Å². The number of ether oxygens (including phenoxy) is 1. The number of para-hydroxylation sites is 1. The average Bonchev–Trinajstić information content (AvgIpc) is 2.74. The van der Waals surface area contributed by atoms with Crippen LogP contribution in [0.5, 0.6) is 0 Å². The molecule has 8 heteroatoms. The number of nitrogens with one attached hydrogen (secondary N) is 1. The molecule has 2 heterocycles. The molecule has 1 saturated heterocycles. The van der Waals surface area contributed by atoms with Crippen molar-refractivity contribution >= 4 is 23.5 Å². The van der Waals surface area contributed by atoms with E-state index in [1.165, 1.54) is 18.3 Å². The number of amides is 2. The van der Waals surface area contributed by atoms with Gasteiger partial charge in [-0.05, 0) is 38.2 Å². The molecule has 3 rings (SSSR count). The standard InChI is InChI=1S/C21H24N4O4/c1-3-29-21(28)16-6-4-5-7-17(16)23-19(26)15-8-9-22-18(14-15)20(27)25-12-10-24(2)11-13-25/h4-9,14H,3,10-13H2,1-2H3,(H,23,26). The van der Waals surface area contributed by atoms with Crippen molar-refractivity contribution in [3.05, 3.63) is 59.4 Å². The van der Waals surface area contributed by atoms with E-state index < -0.39 is 11.9 Å². The van der Waals surface area contributed by atoms with E-state index in [-0.39, 0.29) is 29.3 Å². The quantitative estimate of drug-likeness (QED) is 0.776. The molecule has 0 saturated carbocycles. The van der Waals surface area contributed by atoms with Crippen molar-refractivity contribution in [2.24, 2.45) is 0 Å². The highest BCUT2D eigenvalue weighted by Gasteiger charge is 2.22. The van der Waals surface area contributed by atoms with Gasteiger partial charge in [-0.15, -0.1) is 0 Å². The van der Waals surface area contributed by atoms with E-state index in [1.807, 2.05) is 7.05 Å². The summed E-state index contributed by atoms with van der Waals surface area (Å²) < 4.78 is 5.03. The van der Waals surface area contributed by atoms with Crippen LogP contribution in [-0.4, -0.2) is 72.4 Å². The summed E-state index contributed by atoms with van der Waals surface area (Å²) >= 11 is 0. The molecular formula is C21H24N4O4. The van der Waals surface area contributed by atoms with Gasteiger partial charge in [0.15, 0.2) is 0 Å². The van der Waals surface area contributed by atoms with Gasteiger partial charge in [0.1, 0.15) is 5.69 Å². The molecule has 8 nitrogen and oxygen atoms in total. The number of aromatic nitrogens is 1. The van der Waals surface area contributed by atoms with Crippen molar-refractivity contribution in [2.75, 3.05) is 45.2 Å². The third kappa shape index (κ3) is 4.97. The van der Waals surface area contributed by atoms with Gasteiger partial charge in [-0.3, -0.25) is 14.6 Å². The van der Waals surface area contributed by atoms with Crippen molar-refractivity contribution in [1.82, 2.24) is 14.8 Å². The molecule has 2 amide bonds. The summed E-state index contributed by atoms with van der Waals surface area (Å²) in [6.07, 6.45) is 1.44. The van der Waals surface area contributed by atoms with Crippen LogP contribution in [0, 0.1) is 0 Å². The first-order valence-electron chi connectivity index (χ1n) is 9.51. The maximum absolute atomic E-state index is 12.7. The lowest BCUT2D eigenvalue weighted by molar-refractivity contribution is 0.0527. The molecule has 0 radical (unpaired) electrons. The Kier molecular flexibility index (Phi) is 6.56. The third-order valence-corrected chi connectivity index (χ3v) is 4.70. The van der Waals surface area contributed by atoms with Gasteiger partial charge in [0.25, 0.3) is 11.8 Å². The minimum Gasteiger partial charge on any atom is -0.462 e. The number of hydrogen-bond donors (Lipinski definition) is 1. The van der Waals surface area contributed by atoms with Gasteiger partial charge in [0.2, 0.25) is 0 Å². The third-order valence-electron chi connectivity index (χ3n) is 4.70. The number of carbonyl (C=O) groups is 3. The zero-order chi connectivity index (χ0) is 20.8. The number of carbonyl (C=O) groups excluding carboxylic acids is 3. The Balaban J connectivity index is 1.75. The Bertz CT molecular complexity index is 907. The van der Waals surface area contributed by atoms with Gasteiger partial charge in [0, 0.05) is 37.9 Å². The molecular weight excluding hydrogens is 372 g/mol. The Morgan fingerprint density at radius 3 is 2.55 bits per heavy atom. The van der Waals surface area contributed by atoms with Gasteiger partial charge < -0.3 is 19.9 Å². The molecule has 1 aliphatic heterocycles.